The van der Waals surface area contributed by atoms with E-state index < -0.39 is 11.8 Å². The van der Waals surface area contributed by atoms with E-state index in [1.807, 2.05) is 32.9 Å². The van der Waals surface area contributed by atoms with Crippen molar-refractivity contribution in [1.29, 1.82) is 0 Å². The van der Waals surface area contributed by atoms with Crippen LogP contribution in [-0.4, -0.2) is 30.5 Å². The van der Waals surface area contributed by atoms with Crippen molar-refractivity contribution in [3.8, 4) is 5.75 Å². The largest absolute Gasteiger partial charge is 0.484 e. The Morgan fingerprint density at radius 1 is 0.857 bits per heavy atom. The summed E-state index contributed by atoms with van der Waals surface area (Å²) < 4.78 is 5.53. The summed E-state index contributed by atoms with van der Waals surface area (Å²) >= 11 is 6.07. The van der Waals surface area contributed by atoms with Crippen LogP contribution in [0, 0.1) is 20.8 Å². The van der Waals surface area contributed by atoms with Gasteiger partial charge in [0.2, 0.25) is 0 Å². The monoisotopic (exact) mass is 492 g/mol. The van der Waals surface area contributed by atoms with Crippen LogP contribution in [0.25, 0.3) is 0 Å². The van der Waals surface area contributed by atoms with E-state index in [4.69, 9.17) is 16.3 Å². The van der Waals surface area contributed by atoms with Gasteiger partial charge in [-0.1, -0.05) is 35.9 Å². The zero-order chi connectivity index (χ0) is 25.4. The molecule has 0 atom stereocenters. The van der Waals surface area contributed by atoms with Crippen LogP contribution >= 0.6 is 11.6 Å². The summed E-state index contributed by atoms with van der Waals surface area (Å²) in [5.41, 5.74) is 6.88. The molecular weight excluding hydrogens is 468 g/mol. The summed E-state index contributed by atoms with van der Waals surface area (Å²) in [5.74, 6) is -1.64. The summed E-state index contributed by atoms with van der Waals surface area (Å²) in [6, 6.07) is 17.4. The normalized spacial score (nSPS) is 10.6. The smallest absolute Gasteiger partial charge is 0.329 e. The van der Waals surface area contributed by atoms with Crippen LogP contribution in [0.4, 0.5) is 11.4 Å². The lowest BCUT2D eigenvalue weighted by Crippen LogP contribution is -2.32. The molecule has 0 radical (unpaired) electrons. The molecule has 3 aromatic carbocycles. The highest BCUT2D eigenvalue weighted by molar-refractivity contribution is 6.39. The van der Waals surface area contributed by atoms with E-state index in [0.29, 0.717) is 27.7 Å². The molecule has 0 heterocycles. The number of halogens is 1. The minimum atomic E-state index is -0.903. The molecule has 9 heteroatoms. The van der Waals surface area contributed by atoms with Crippen LogP contribution in [0.3, 0.4) is 0 Å². The van der Waals surface area contributed by atoms with E-state index >= 15 is 0 Å². The van der Waals surface area contributed by atoms with Gasteiger partial charge >= 0.3 is 11.8 Å². The van der Waals surface area contributed by atoms with E-state index in [9.17, 15) is 14.4 Å². The van der Waals surface area contributed by atoms with Gasteiger partial charge in [-0.15, -0.1) is 0 Å². The maximum atomic E-state index is 12.2. The lowest BCUT2D eigenvalue weighted by molar-refractivity contribution is -0.136. The van der Waals surface area contributed by atoms with Crippen LogP contribution in [-0.2, 0) is 14.4 Å². The highest BCUT2D eigenvalue weighted by atomic mass is 35.5. The Morgan fingerprint density at radius 2 is 1.57 bits per heavy atom. The van der Waals surface area contributed by atoms with Gasteiger partial charge in [0.15, 0.2) is 6.61 Å². The predicted octanol–water partition coefficient (Wildman–Crippen LogP) is 4.37. The van der Waals surface area contributed by atoms with Gasteiger partial charge in [-0.25, -0.2) is 5.43 Å². The zero-order valence-corrected chi connectivity index (χ0v) is 20.3. The van der Waals surface area contributed by atoms with Crippen LogP contribution in [0.2, 0.25) is 5.02 Å². The summed E-state index contributed by atoms with van der Waals surface area (Å²) in [5, 5.41) is 9.61. The number of aryl methyl sites for hydroxylation is 3. The minimum absolute atomic E-state index is 0.207. The number of benzene rings is 3. The number of carbonyl (C=O) groups excluding carboxylic acids is 3. The number of hydrogen-bond donors (Lipinski definition) is 3. The minimum Gasteiger partial charge on any atom is -0.484 e. The molecule has 0 aliphatic rings. The van der Waals surface area contributed by atoms with Gasteiger partial charge < -0.3 is 15.4 Å². The summed E-state index contributed by atoms with van der Waals surface area (Å²) in [7, 11) is 0. The maximum Gasteiger partial charge on any atom is 0.329 e. The molecule has 0 saturated heterocycles. The molecule has 3 amide bonds. The molecule has 0 spiro atoms. The Hall–Kier alpha value is -4.17. The molecule has 180 valence electrons. The van der Waals surface area contributed by atoms with Crippen LogP contribution < -0.4 is 20.8 Å². The SMILES string of the molecule is Cc1ccc(NC(=O)C(=O)N/N=C\c2cccc(OCC(=O)Nc3ccc(C)c(Cl)c3)c2)cc1C. The van der Waals surface area contributed by atoms with Crippen LogP contribution in [0.1, 0.15) is 22.3 Å². The quantitative estimate of drug-likeness (QED) is 0.258. The van der Waals surface area contributed by atoms with Gasteiger partial charge in [-0.05, 0) is 79.4 Å². The van der Waals surface area contributed by atoms with Crippen molar-refractivity contribution < 1.29 is 19.1 Å². The van der Waals surface area contributed by atoms with Crippen molar-refractivity contribution in [2.24, 2.45) is 5.10 Å². The number of ether oxygens (including phenoxy) is 1. The van der Waals surface area contributed by atoms with Crippen molar-refractivity contribution in [1.82, 2.24) is 5.43 Å². The predicted molar refractivity (Wildman–Crippen MR) is 137 cm³/mol. The van der Waals surface area contributed by atoms with Crippen LogP contribution in [0.15, 0.2) is 65.8 Å². The van der Waals surface area contributed by atoms with Gasteiger partial charge in [-0.2, -0.15) is 5.10 Å². The summed E-state index contributed by atoms with van der Waals surface area (Å²) in [4.78, 5) is 36.2. The molecular formula is C26H25ClN4O4. The standard InChI is InChI=1S/C26H25ClN4O4/c1-16-7-9-20(11-18(16)3)30-25(33)26(34)31-28-14-19-5-4-6-22(12-19)35-15-24(32)29-21-10-8-17(2)23(27)13-21/h4-14H,15H2,1-3H3,(H,29,32)(H,30,33)(H,31,34)/b28-14-. The average Bonchev–Trinajstić information content (AvgIpc) is 2.82. The number of anilines is 2. The first-order valence-electron chi connectivity index (χ1n) is 10.7. The van der Waals surface area contributed by atoms with E-state index in [-0.39, 0.29) is 12.5 Å². The first-order chi connectivity index (χ1) is 16.7. The Bertz CT molecular complexity index is 1290. The topological polar surface area (TPSA) is 109 Å². The highest BCUT2D eigenvalue weighted by Gasteiger charge is 2.13. The Labute approximate surface area is 208 Å². The molecule has 3 rings (SSSR count). The van der Waals surface area contributed by atoms with Crippen LogP contribution in [0.5, 0.6) is 5.75 Å². The zero-order valence-electron chi connectivity index (χ0n) is 19.5. The number of hydrogen-bond acceptors (Lipinski definition) is 5. The fraction of sp³-hybridized carbons (Fsp3) is 0.154. The van der Waals surface area contributed by atoms with Gasteiger partial charge in [0, 0.05) is 16.4 Å². The Morgan fingerprint density at radius 3 is 2.29 bits per heavy atom. The number of carbonyl (C=O) groups is 3. The Kier molecular flexibility index (Phi) is 8.58. The molecule has 0 unspecified atom stereocenters. The van der Waals surface area contributed by atoms with E-state index in [1.54, 1.807) is 48.5 Å². The fourth-order valence-corrected chi connectivity index (χ4v) is 3.10. The molecule has 0 aliphatic carbocycles. The second-order valence-corrected chi connectivity index (χ2v) is 8.23. The number of rotatable bonds is 7. The van der Waals surface area contributed by atoms with Crippen molar-refractivity contribution in [2.45, 2.75) is 20.8 Å². The molecule has 3 N–H and O–H groups in total. The summed E-state index contributed by atoms with van der Waals surface area (Å²) in [6.07, 6.45) is 1.36. The summed E-state index contributed by atoms with van der Waals surface area (Å²) in [6.45, 7) is 5.54. The first-order valence-corrected chi connectivity index (χ1v) is 11.1. The van der Waals surface area contributed by atoms with Crippen molar-refractivity contribution >= 4 is 46.9 Å². The van der Waals surface area contributed by atoms with E-state index in [1.165, 1.54) is 6.21 Å². The van der Waals surface area contributed by atoms with Gasteiger partial charge in [-0.3, -0.25) is 14.4 Å². The maximum absolute atomic E-state index is 12.2. The molecule has 8 nitrogen and oxygen atoms in total. The third-order valence-corrected chi connectivity index (χ3v) is 5.44. The third kappa shape index (κ3) is 7.68. The number of nitrogens with one attached hydrogen (secondary N) is 3. The average molecular weight is 493 g/mol. The highest BCUT2D eigenvalue weighted by Crippen LogP contribution is 2.20. The molecule has 0 fully saturated rings. The van der Waals surface area contributed by atoms with Gasteiger partial charge in [0.05, 0.1) is 6.21 Å². The van der Waals surface area contributed by atoms with Gasteiger partial charge in [0.25, 0.3) is 5.91 Å². The third-order valence-electron chi connectivity index (χ3n) is 5.03. The fourth-order valence-electron chi connectivity index (χ4n) is 2.92. The molecule has 0 aromatic heterocycles. The lowest BCUT2D eigenvalue weighted by atomic mass is 10.1. The van der Waals surface area contributed by atoms with Crippen molar-refractivity contribution in [3.05, 3.63) is 87.9 Å². The number of hydrazone groups is 1. The molecule has 35 heavy (non-hydrogen) atoms. The molecule has 0 aliphatic heterocycles. The van der Waals surface area contributed by atoms with Crippen molar-refractivity contribution in [3.63, 3.8) is 0 Å². The Balaban J connectivity index is 1.48. The number of nitrogens with zero attached hydrogens (tertiary/aromatic N) is 1. The number of amides is 3. The molecule has 0 bridgehead atoms. The van der Waals surface area contributed by atoms with Crippen molar-refractivity contribution in [2.75, 3.05) is 17.2 Å². The molecule has 0 saturated carbocycles. The second kappa shape index (κ2) is 11.8. The van der Waals surface area contributed by atoms with E-state index in [2.05, 4.69) is 21.2 Å². The molecule has 3 aromatic rings. The van der Waals surface area contributed by atoms with Gasteiger partial charge in [0.1, 0.15) is 5.75 Å². The van der Waals surface area contributed by atoms with E-state index in [0.717, 1.165) is 16.7 Å². The first kappa shape index (κ1) is 25.5. The lowest BCUT2D eigenvalue weighted by Gasteiger charge is -2.09. The second-order valence-electron chi connectivity index (χ2n) is 7.83.